The third kappa shape index (κ3) is 3.52. The molecule has 3 aromatic rings. The highest BCUT2D eigenvalue weighted by molar-refractivity contribution is 6.29. The first-order chi connectivity index (χ1) is 12.2. The van der Waals surface area contributed by atoms with Crippen molar-refractivity contribution in [1.29, 1.82) is 0 Å². The Morgan fingerprint density at radius 3 is 3.08 bits per heavy atom. The molecule has 0 saturated heterocycles. The van der Waals surface area contributed by atoms with Crippen LogP contribution in [-0.2, 0) is 27.3 Å². The Kier molecular flexibility index (Phi) is 4.42. The fraction of sp³-hybridized carbons (Fsp3) is 0.263. The van der Waals surface area contributed by atoms with E-state index >= 15 is 0 Å². The largest absolute Gasteiger partial charge is 0.457 e. The zero-order valence-electron chi connectivity index (χ0n) is 13.4. The third-order valence-electron chi connectivity index (χ3n) is 4.21. The maximum absolute atomic E-state index is 12.2. The zero-order valence-corrected chi connectivity index (χ0v) is 14.2. The molecule has 0 N–H and O–H groups in total. The van der Waals surface area contributed by atoms with Gasteiger partial charge in [0.2, 0.25) is 0 Å². The molecule has 0 spiro atoms. The second-order valence-corrected chi connectivity index (χ2v) is 6.29. The van der Waals surface area contributed by atoms with Crippen molar-refractivity contribution in [2.45, 2.75) is 25.6 Å². The summed E-state index contributed by atoms with van der Waals surface area (Å²) in [5, 5.41) is 0.393. The minimum atomic E-state index is -0.326. The van der Waals surface area contributed by atoms with Gasteiger partial charge in [-0.25, -0.2) is 4.98 Å². The predicted molar refractivity (Wildman–Crippen MR) is 92.3 cm³/mol. The number of hydrogen-bond donors (Lipinski definition) is 0. The molecule has 0 bridgehead atoms. The second kappa shape index (κ2) is 6.86. The molecule has 0 radical (unpaired) electrons. The van der Waals surface area contributed by atoms with Crippen molar-refractivity contribution in [3.63, 3.8) is 0 Å². The minimum absolute atomic E-state index is 0.0567. The van der Waals surface area contributed by atoms with Crippen molar-refractivity contribution in [3.8, 4) is 0 Å². The maximum atomic E-state index is 12.2. The van der Waals surface area contributed by atoms with Crippen LogP contribution in [0.5, 0.6) is 0 Å². The standard InChI is InChI=1S/C19H16ClNO4/c20-18-6-5-16-15(21-18)9-13(25-16)11-24-19(22)10-17-14-4-2-1-3-12(14)7-8-23-17/h1-6,9,17H,7-8,10-11H2. The first-order valence-corrected chi connectivity index (χ1v) is 8.47. The van der Waals surface area contributed by atoms with Gasteiger partial charge in [-0.3, -0.25) is 4.79 Å². The monoisotopic (exact) mass is 357 g/mol. The lowest BCUT2D eigenvalue weighted by Gasteiger charge is -2.25. The van der Waals surface area contributed by atoms with Gasteiger partial charge >= 0.3 is 5.97 Å². The number of pyridine rings is 1. The van der Waals surface area contributed by atoms with Crippen LogP contribution in [0.4, 0.5) is 0 Å². The summed E-state index contributed by atoms with van der Waals surface area (Å²) in [6.45, 7) is 0.673. The van der Waals surface area contributed by atoms with E-state index < -0.39 is 0 Å². The molecule has 0 saturated carbocycles. The van der Waals surface area contributed by atoms with E-state index in [1.165, 1.54) is 5.56 Å². The first-order valence-electron chi connectivity index (χ1n) is 8.09. The summed E-state index contributed by atoms with van der Waals surface area (Å²) >= 11 is 5.85. The van der Waals surface area contributed by atoms with Crippen LogP contribution >= 0.6 is 11.6 Å². The Morgan fingerprint density at radius 1 is 1.28 bits per heavy atom. The molecule has 1 aliphatic rings. The molecule has 1 atom stereocenters. The van der Waals surface area contributed by atoms with Crippen LogP contribution in [0.25, 0.3) is 11.1 Å². The number of carbonyl (C=O) groups excluding carboxylic acids is 1. The maximum Gasteiger partial charge on any atom is 0.309 e. The molecule has 5 nitrogen and oxygen atoms in total. The molecular formula is C19H16ClNO4. The summed E-state index contributed by atoms with van der Waals surface area (Å²) in [6, 6.07) is 13.1. The van der Waals surface area contributed by atoms with E-state index in [4.69, 9.17) is 25.5 Å². The van der Waals surface area contributed by atoms with Crippen molar-refractivity contribution >= 4 is 28.7 Å². The molecule has 3 heterocycles. The van der Waals surface area contributed by atoms with Crippen LogP contribution < -0.4 is 0 Å². The number of esters is 1. The van der Waals surface area contributed by atoms with E-state index in [0.717, 1.165) is 12.0 Å². The van der Waals surface area contributed by atoms with Crippen LogP contribution in [0.15, 0.2) is 46.9 Å². The number of fused-ring (bicyclic) bond motifs is 2. The van der Waals surface area contributed by atoms with E-state index in [2.05, 4.69) is 11.1 Å². The number of hydrogen-bond acceptors (Lipinski definition) is 5. The van der Waals surface area contributed by atoms with Crippen molar-refractivity contribution < 1.29 is 18.7 Å². The van der Waals surface area contributed by atoms with E-state index in [-0.39, 0.29) is 25.1 Å². The Balaban J connectivity index is 1.39. The molecule has 1 aromatic carbocycles. The Labute approximate surface area is 149 Å². The average molecular weight is 358 g/mol. The number of benzene rings is 1. The molecule has 1 aliphatic heterocycles. The summed E-state index contributed by atoms with van der Waals surface area (Å²) < 4.78 is 16.7. The second-order valence-electron chi connectivity index (χ2n) is 5.90. The number of carbonyl (C=O) groups is 1. The van der Waals surface area contributed by atoms with Gasteiger partial charge in [0.1, 0.15) is 23.0 Å². The fourth-order valence-corrected chi connectivity index (χ4v) is 3.18. The Bertz CT molecular complexity index is 921. The van der Waals surface area contributed by atoms with Gasteiger partial charge in [-0.1, -0.05) is 35.9 Å². The molecule has 25 heavy (non-hydrogen) atoms. The number of ether oxygens (including phenoxy) is 2. The molecule has 128 valence electrons. The van der Waals surface area contributed by atoms with Gasteiger partial charge in [0, 0.05) is 6.07 Å². The molecule has 0 amide bonds. The van der Waals surface area contributed by atoms with Crippen LogP contribution in [0, 0.1) is 0 Å². The number of nitrogens with zero attached hydrogens (tertiary/aromatic N) is 1. The summed E-state index contributed by atoms with van der Waals surface area (Å²) in [5.41, 5.74) is 3.54. The Morgan fingerprint density at radius 2 is 2.16 bits per heavy atom. The lowest BCUT2D eigenvalue weighted by atomic mass is 9.96. The van der Waals surface area contributed by atoms with Gasteiger partial charge < -0.3 is 13.9 Å². The van der Waals surface area contributed by atoms with Gasteiger partial charge in [-0.2, -0.15) is 0 Å². The van der Waals surface area contributed by atoms with Gasteiger partial charge in [-0.05, 0) is 29.7 Å². The van der Waals surface area contributed by atoms with Gasteiger partial charge in [0.25, 0.3) is 0 Å². The molecular weight excluding hydrogens is 342 g/mol. The zero-order chi connectivity index (χ0) is 17.2. The summed E-state index contributed by atoms with van der Waals surface area (Å²) in [4.78, 5) is 16.3. The van der Waals surface area contributed by atoms with E-state index in [0.29, 0.717) is 28.6 Å². The summed E-state index contributed by atoms with van der Waals surface area (Å²) in [7, 11) is 0. The highest BCUT2D eigenvalue weighted by Crippen LogP contribution is 2.30. The first kappa shape index (κ1) is 16.1. The van der Waals surface area contributed by atoms with Crippen LogP contribution in [0.2, 0.25) is 5.15 Å². The number of halogens is 1. The molecule has 0 fully saturated rings. The number of rotatable bonds is 4. The molecule has 6 heteroatoms. The van der Waals surface area contributed by atoms with E-state index in [1.54, 1.807) is 18.2 Å². The minimum Gasteiger partial charge on any atom is -0.457 e. The number of furan rings is 1. The predicted octanol–water partition coefficient (Wildman–Crippen LogP) is 4.23. The topological polar surface area (TPSA) is 61.6 Å². The van der Waals surface area contributed by atoms with Crippen molar-refractivity contribution in [2.24, 2.45) is 0 Å². The third-order valence-corrected chi connectivity index (χ3v) is 4.42. The normalized spacial score (nSPS) is 16.6. The van der Waals surface area contributed by atoms with E-state index in [1.807, 2.05) is 18.2 Å². The van der Waals surface area contributed by atoms with Crippen molar-refractivity contribution in [3.05, 3.63) is 64.5 Å². The quantitative estimate of drug-likeness (QED) is 0.516. The Hall–Kier alpha value is -2.37. The lowest BCUT2D eigenvalue weighted by molar-refractivity contribution is -0.149. The van der Waals surface area contributed by atoms with Crippen LogP contribution in [0.1, 0.15) is 29.4 Å². The van der Waals surface area contributed by atoms with Crippen molar-refractivity contribution in [1.82, 2.24) is 4.98 Å². The fourth-order valence-electron chi connectivity index (χ4n) is 3.03. The van der Waals surface area contributed by atoms with Gasteiger partial charge in [0.15, 0.2) is 5.58 Å². The summed E-state index contributed by atoms with van der Waals surface area (Å²) in [6.07, 6.45) is 0.797. The molecule has 1 unspecified atom stereocenters. The van der Waals surface area contributed by atoms with Crippen LogP contribution in [-0.4, -0.2) is 17.6 Å². The average Bonchev–Trinajstić information content (AvgIpc) is 3.02. The lowest BCUT2D eigenvalue weighted by Crippen LogP contribution is -2.20. The van der Waals surface area contributed by atoms with Crippen LogP contribution in [0.3, 0.4) is 0 Å². The molecule has 2 aromatic heterocycles. The van der Waals surface area contributed by atoms with Crippen molar-refractivity contribution in [2.75, 3.05) is 6.61 Å². The highest BCUT2D eigenvalue weighted by atomic mass is 35.5. The SMILES string of the molecule is O=C(CC1OCCc2ccccc21)OCc1cc2nc(Cl)ccc2o1. The van der Waals surface area contributed by atoms with Gasteiger partial charge in [-0.15, -0.1) is 0 Å². The molecule has 0 aliphatic carbocycles. The highest BCUT2D eigenvalue weighted by Gasteiger charge is 2.24. The smallest absolute Gasteiger partial charge is 0.309 e. The van der Waals surface area contributed by atoms with E-state index in [9.17, 15) is 4.79 Å². The molecule has 4 rings (SSSR count). The van der Waals surface area contributed by atoms with Gasteiger partial charge in [0.05, 0.1) is 19.1 Å². The summed E-state index contributed by atoms with van der Waals surface area (Å²) in [5.74, 6) is 0.205. The number of aromatic nitrogens is 1.